The Bertz CT molecular complexity index is 382. The van der Waals surface area contributed by atoms with Crippen LogP contribution in [-0.2, 0) is 4.79 Å². The molecule has 0 spiro atoms. The molecule has 0 saturated carbocycles. The van der Waals surface area contributed by atoms with Gasteiger partial charge in [0, 0.05) is 16.8 Å². The first-order chi connectivity index (χ1) is 7.49. The number of halogens is 1. The highest BCUT2D eigenvalue weighted by Crippen LogP contribution is 2.32. The van der Waals surface area contributed by atoms with Crippen molar-refractivity contribution in [2.24, 2.45) is 5.92 Å². The third kappa shape index (κ3) is 2.73. The van der Waals surface area contributed by atoms with E-state index in [9.17, 15) is 4.79 Å². The van der Waals surface area contributed by atoms with Crippen molar-refractivity contribution in [3.8, 4) is 0 Å². The van der Waals surface area contributed by atoms with Gasteiger partial charge in [-0.25, -0.2) is 0 Å². The summed E-state index contributed by atoms with van der Waals surface area (Å²) in [6.45, 7) is 8.22. The van der Waals surface area contributed by atoms with Gasteiger partial charge in [-0.2, -0.15) is 0 Å². The predicted molar refractivity (Wildman–Crippen MR) is 71.8 cm³/mol. The maximum atomic E-state index is 12.0. The van der Waals surface area contributed by atoms with E-state index in [0.29, 0.717) is 18.1 Å². The summed E-state index contributed by atoms with van der Waals surface area (Å²) in [5.41, 5.74) is 2.35. The summed E-state index contributed by atoms with van der Waals surface area (Å²) in [6.07, 6.45) is 0.606. The molecule has 0 aromatic heterocycles. The molecule has 2 heteroatoms. The topological polar surface area (TPSA) is 17.1 Å². The molecule has 1 aromatic carbocycles. The SMILES string of the molecule is CCC(=O)C(c1cccc(Br)c1C)C(C)C. The van der Waals surface area contributed by atoms with Crippen molar-refractivity contribution in [2.45, 2.75) is 40.0 Å². The van der Waals surface area contributed by atoms with Crippen molar-refractivity contribution >= 4 is 21.7 Å². The van der Waals surface area contributed by atoms with Gasteiger partial charge in [0.15, 0.2) is 0 Å². The predicted octanol–water partition coefficient (Wildman–Crippen LogP) is 4.48. The molecule has 1 aromatic rings. The van der Waals surface area contributed by atoms with Crippen LogP contribution >= 0.6 is 15.9 Å². The molecule has 0 aliphatic heterocycles. The van der Waals surface area contributed by atoms with E-state index in [1.165, 1.54) is 5.56 Å². The monoisotopic (exact) mass is 282 g/mol. The van der Waals surface area contributed by atoms with Gasteiger partial charge < -0.3 is 0 Å². The van der Waals surface area contributed by atoms with Gasteiger partial charge in [-0.05, 0) is 30.0 Å². The second kappa shape index (κ2) is 5.62. The van der Waals surface area contributed by atoms with Crippen molar-refractivity contribution in [3.05, 3.63) is 33.8 Å². The van der Waals surface area contributed by atoms with Crippen LogP contribution in [0.25, 0.3) is 0 Å². The van der Waals surface area contributed by atoms with Crippen LogP contribution < -0.4 is 0 Å². The van der Waals surface area contributed by atoms with Crippen molar-refractivity contribution in [3.63, 3.8) is 0 Å². The molecule has 0 fully saturated rings. The summed E-state index contributed by atoms with van der Waals surface area (Å²) in [6, 6.07) is 6.09. The molecule has 0 aliphatic rings. The summed E-state index contributed by atoms with van der Waals surface area (Å²) >= 11 is 3.52. The van der Waals surface area contributed by atoms with Crippen LogP contribution in [0.4, 0.5) is 0 Å². The van der Waals surface area contributed by atoms with Crippen LogP contribution in [0, 0.1) is 12.8 Å². The van der Waals surface area contributed by atoms with E-state index < -0.39 is 0 Å². The lowest BCUT2D eigenvalue weighted by Gasteiger charge is -2.22. The minimum Gasteiger partial charge on any atom is -0.299 e. The van der Waals surface area contributed by atoms with E-state index in [1.54, 1.807) is 0 Å². The van der Waals surface area contributed by atoms with Crippen LogP contribution in [0.2, 0.25) is 0 Å². The van der Waals surface area contributed by atoms with E-state index >= 15 is 0 Å². The number of ketones is 1. The average molecular weight is 283 g/mol. The zero-order chi connectivity index (χ0) is 12.3. The van der Waals surface area contributed by atoms with Crippen molar-refractivity contribution in [1.29, 1.82) is 0 Å². The Morgan fingerprint density at radius 3 is 2.50 bits per heavy atom. The van der Waals surface area contributed by atoms with E-state index in [0.717, 1.165) is 10.0 Å². The second-order valence-corrected chi connectivity index (χ2v) is 5.35. The van der Waals surface area contributed by atoms with Crippen LogP contribution in [0.1, 0.15) is 44.2 Å². The third-order valence-corrected chi connectivity index (χ3v) is 3.87. The van der Waals surface area contributed by atoms with Gasteiger partial charge in [-0.3, -0.25) is 4.79 Å². The average Bonchev–Trinajstić information content (AvgIpc) is 2.24. The van der Waals surface area contributed by atoms with Crippen LogP contribution in [0.3, 0.4) is 0 Å². The molecule has 0 bridgehead atoms. The first-order valence-electron chi connectivity index (χ1n) is 5.76. The fraction of sp³-hybridized carbons (Fsp3) is 0.500. The molecule has 0 aliphatic carbocycles. The Morgan fingerprint density at radius 2 is 2.00 bits per heavy atom. The number of hydrogen-bond donors (Lipinski definition) is 0. The summed E-state index contributed by atoms with van der Waals surface area (Å²) in [5, 5.41) is 0. The van der Waals surface area contributed by atoms with Gasteiger partial charge in [0.25, 0.3) is 0 Å². The zero-order valence-corrected chi connectivity index (χ0v) is 12.0. The Morgan fingerprint density at radius 1 is 1.38 bits per heavy atom. The molecular weight excluding hydrogens is 264 g/mol. The lowest BCUT2D eigenvalue weighted by atomic mass is 9.82. The molecule has 16 heavy (non-hydrogen) atoms. The third-order valence-electron chi connectivity index (χ3n) is 3.01. The highest BCUT2D eigenvalue weighted by molar-refractivity contribution is 9.10. The quantitative estimate of drug-likeness (QED) is 0.796. The smallest absolute Gasteiger partial charge is 0.140 e. The van der Waals surface area contributed by atoms with Gasteiger partial charge >= 0.3 is 0 Å². The molecule has 0 saturated heterocycles. The Balaban J connectivity index is 3.21. The first-order valence-corrected chi connectivity index (χ1v) is 6.56. The molecular formula is C14H19BrO. The number of benzene rings is 1. The largest absolute Gasteiger partial charge is 0.299 e. The maximum Gasteiger partial charge on any atom is 0.140 e. The molecule has 88 valence electrons. The number of carbonyl (C=O) groups is 1. The van der Waals surface area contributed by atoms with E-state index in [-0.39, 0.29) is 5.92 Å². The molecule has 1 rings (SSSR count). The van der Waals surface area contributed by atoms with Crippen LogP contribution in [0.5, 0.6) is 0 Å². The number of Topliss-reactive ketones (excluding diaryl/α,β-unsaturated/α-hetero) is 1. The molecule has 0 amide bonds. The molecule has 0 heterocycles. The lowest BCUT2D eigenvalue weighted by Crippen LogP contribution is -2.18. The maximum absolute atomic E-state index is 12.0. The van der Waals surface area contributed by atoms with Crippen LogP contribution in [0.15, 0.2) is 22.7 Å². The summed E-state index contributed by atoms with van der Waals surface area (Å²) in [7, 11) is 0. The second-order valence-electron chi connectivity index (χ2n) is 4.50. The fourth-order valence-corrected chi connectivity index (χ4v) is 2.47. The number of rotatable bonds is 4. The molecule has 1 atom stereocenters. The minimum absolute atomic E-state index is 0.0301. The fourth-order valence-electron chi connectivity index (χ4n) is 2.09. The minimum atomic E-state index is 0.0301. The summed E-state index contributed by atoms with van der Waals surface area (Å²) in [5.74, 6) is 0.708. The Kier molecular flexibility index (Phi) is 4.72. The van der Waals surface area contributed by atoms with Crippen molar-refractivity contribution < 1.29 is 4.79 Å². The van der Waals surface area contributed by atoms with Gasteiger partial charge in [-0.15, -0.1) is 0 Å². The van der Waals surface area contributed by atoms with Gasteiger partial charge in [0.1, 0.15) is 5.78 Å². The van der Waals surface area contributed by atoms with Crippen LogP contribution in [-0.4, -0.2) is 5.78 Å². The number of carbonyl (C=O) groups excluding carboxylic acids is 1. The highest BCUT2D eigenvalue weighted by Gasteiger charge is 2.24. The summed E-state index contributed by atoms with van der Waals surface area (Å²) in [4.78, 5) is 12.0. The van der Waals surface area contributed by atoms with E-state index in [1.807, 2.05) is 19.1 Å². The van der Waals surface area contributed by atoms with E-state index in [4.69, 9.17) is 0 Å². The van der Waals surface area contributed by atoms with Crippen molar-refractivity contribution in [1.82, 2.24) is 0 Å². The molecule has 0 N–H and O–H groups in total. The van der Waals surface area contributed by atoms with E-state index in [2.05, 4.69) is 42.8 Å². The Hall–Kier alpha value is -0.630. The lowest BCUT2D eigenvalue weighted by molar-refractivity contribution is -0.121. The molecule has 0 radical (unpaired) electrons. The Labute approximate surface area is 106 Å². The normalized spacial score (nSPS) is 12.9. The summed E-state index contributed by atoms with van der Waals surface area (Å²) < 4.78 is 1.08. The molecule has 1 nitrogen and oxygen atoms in total. The zero-order valence-electron chi connectivity index (χ0n) is 10.4. The van der Waals surface area contributed by atoms with Gasteiger partial charge in [-0.1, -0.05) is 48.8 Å². The van der Waals surface area contributed by atoms with Gasteiger partial charge in [0.2, 0.25) is 0 Å². The van der Waals surface area contributed by atoms with Gasteiger partial charge in [0.05, 0.1) is 0 Å². The number of hydrogen-bond acceptors (Lipinski definition) is 1. The molecule has 1 unspecified atom stereocenters. The standard InChI is InChI=1S/C14H19BrO/c1-5-13(16)14(9(2)3)11-7-6-8-12(15)10(11)4/h6-9,14H,5H2,1-4H3. The highest BCUT2D eigenvalue weighted by atomic mass is 79.9. The first kappa shape index (κ1) is 13.4. The van der Waals surface area contributed by atoms with Crippen molar-refractivity contribution in [2.75, 3.05) is 0 Å².